The Morgan fingerprint density at radius 1 is 1.11 bits per heavy atom. The monoisotopic (exact) mass is 684 g/mol. The summed E-state index contributed by atoms with van der Waals surface area (Å²) in [7, 11) is -2.84. The van der Waals surface area contributed by atoms with Gasteiger partial charge < -0.3 is 14.2 Å². The lowest BCUT2D eigenvalue weighted by molar-refractivity contribution is -0.127. The summed E-state index contributed by atoms with van der Waals surface area (Å²) >= 11 is 8.41. The number of carbonyl (C=O) groups is 3. The van der Waals surface area contributed by atoms with Crippen LogP contribution in [0.5, 0.6) is 11.5 Å². The van der Waals surface area contributed by atoms with E-state index in [0.717, 1.165) is 4.90 Å². The van der Waals surface area contributed by atoms with E-state index in [4.69, 9.17) is 20.5 Å². The maximum Gasteiger partial charge on any atom is 0.339 e. The standard InChI is InChI=1S/C25H18ClIN2O7S2/c1-35-20-12-15(11-19(27)23(20)36-38(33,34)18-9-7-16(26)8-10-18)13-21-24(31)29(25(32)37-21)14-22(30)28-17-5-3-2-4-6-17/h2-13H,14H2,1H3,(H,28,30)/b21-13-. The van der Waals surface area contributed by atoms with E-state index in [1.807, 2.05) is 22.6 Å². The van der Waals surface area contributed by atoms with Crippen LogP contribution in [0.4, 0.5) is 10.5 Å². The molecular weight excluding hydrogens is 667 g/mol. The van der Waals surface area contributed by atoms with E-state index in [-0.39, 0.29) is 21.3 Å². The number of thioether (sulfide) groups is 1. The van der Waals surface area contributed by atoms with Gasteiger partial charge in [-0.3, -0.25) is 19.3 Å². The van der Waals surface area contributed by atoms with Gasteiger partial charge in [-0.2, -0.15) is 8.42 Å². The molecule has 13 heteroatoms. The Balaban J connectivity index is 1.53. The quantitative estimate of drug-likeness (QED) is 0.191. The van der Waals surface area contributed by atoms with Gasteiger partial charge >= 0.3 is 10.1 Å². The SMILES string of the molecule is COc1cc(/C=C2\SC(=O)N(CC(=O)Nc3ccccc3)C2=O)cc(I)c1OS(=O)(=O)c1ccc(Cl)cc1. The third kappa shape index (κ3) is 6.49. The molecule has 0 spiro atoms. The first kappa shape index (κ1) is 28.0. The number of para-hydroxylation sites is 1. The summed E-state index contributed by atoms with van der Waals surface area (Å²) in [4.78, 5) is 38.5. The fourth-order valence-electron chi connectivity index (χ4n) is 3.32. The van der Waals surface area contributed by atoms with Crippen LogP contribution < -0.4 is 14.2 Å². The molecule has 1 N–H and O–H groups in total. The Labute approximate surface area is 241 Å². The maximum absolute atomic E-state index is 12.9. The molecule has 0 aromatic heterocycles. The number of imide groups is 1. The van der Waals surface area contributed by atoms with Crippen molar-refractivity contribution in [1.29, 1.82) is 0 Å². The van der Waals surface area contributed by atoms with E-state index in [1.54, 1.807) is 36.4 Å². The number of nitrogens with one attached hydrogen (secondary N) is 1. The van der Waals surface area contributed by atoms with Crippen LogP contribution in [0, 0.1) is 3.57 Å². The molecule has 1 aliphatic rings. The molecule has 0 aliphatic carbocycles. The summed E-state index contributed by atoms with van der Waals surface area (Å²) < 4.78 is 36.6. The minimum atomic E-state index is -4.18. The first-order valence-corrected chi connectivity index (χ1v) is 14.4. The van der Waals surface area contributed by atoms with Crippen molar-refractivity contribution in [3.63, 3.8) is 0 Å². The van der Waals surface area contributed by atoms with Gasteiger partial charge in [0.1, 0.15) is 11.4 Å². The van der Waals surface area contributed by atoms with E-state index in [0.29, 0.717) is 31.6 Å². The van der Waals surface area contributed by atoms with Gasteiger partial charge in [-0.05, 0) is 94.5 Å². The van der Waals surface area contributed by atoms with Crippen LogP contribution in [0.25, 0.3) is 6.08 Å². The predicted octanol–water partition coefficient (Wildman–Crippen LogP) is 5.40. The lowest BCUT2D eigenvalue weighted by atomic mass is 10.2. The van der Waals surface area contributed by atoms with Crippen LogP contribution in [0.2, 0.25) is 5.02 Å². The van der Waals surface area contributed by atoms with E-state index in [2.05, 4.69) is 5.32 Å². The molecule has 3 amide bonds. The number of hydrogen-bond donors (Lipinski definition) is 1. The highest BCUT2D eigenvalue weighted by atomic mass is 127. The molecule has 0 unspecified atom stereocenters. The summed E-state index contributed by atoms with van der Waals surface area (Å²) in [5, 5.41) is 2.43. The molecule has 0 radical (unpaired) electrons. The van der Waals surface area contributed by atoms with Gasteiger partial charge in [0, 0.05) is 10.7 Å². The summed E-state index contributed by atoms with van der Waals surface area (Å²) in [5.74, 6) is -1.07. The normalized spacial score (nSPS) is 14.6. The Morgan fingerprint density at radius 2 is 1.79 bits per heavy atom. The molecule has 3 aromatic rings. The Kier molecular flexibility index (Phi) is 8.65. The van der Waals surface area contributed by atoms with E-state index >= 15 is 0 Å². The van der Waals surface area contributed by atoms with Crippen molar-refractivity contribution < 1.29 is 31.7 Å². The molecule has 38 heavy (non-hydrogen) atoms. The minimum Gasteiger partial charge on any atom is -0.493 e. The number of ether oxygens (including phenoxy) is 1. The van der Waals surface area contributed by atoms with Gasteiger partial charge in [0.05, 0.1) is 15.6 Å². The molecule has 4 rings (SSSR count). The highest BCUT2D eigenvalue weighted by Crippen LogP contribution is 2.38. The maximum atomic E-state index is 12.9. The molecule has 1 aliphatic heterocycles. The number of amides is 3. The molecule has 9 nitrogen and oxygen atoms in total. The van der Waals surface area contributed by atoms with Crippen LogP contribution in [0.15, 0.2) is 76.5 Å². The van der Waals surface area contributed by atoms with Gasteiger partial charge in [-0.15, -0.1) is 0 Å². The molecule has 0 atom stereocenters. The molecule has 0 bridgehead atoms. The zero-order valence-electron chi connectivity index (χ0n) is 19.5. The van der Waals surface area contributed by atoms with Crippen molar-refractivity contribution in [1.82, 2.24) is 4.90 Å². The van der Waals surface area contributed by atoms with Gasteiger partial charge in [-0.1, -0.05) is 29.8 Å². The average Bonchev–Trinajstić information content (AvgIpc) is 3.13. The smallest absolute Gasteiger partial charge is 0.339 e. The second kappa shape index (κ2) is 11.8. The van der Waals surface area contributed by atoms with Crippen molar-refractivity contribution in [3.8, 4) is 11.5 Å². The van der Waals surface area contributed by atoms with Crippen molar-refractivity contribution in [2.45, 2.75) is 4.90 Å². The molecule has 1 fully saturated rings. The van der Waals surface area contributed by atoms with Crippen LogP contribution in [0.1, 0.15) is 5.56 Å². The first-order valence-electron chi connectivity index (χ1n) is 10.8. The summed E-state index contributed by atoms with van der Waals surface area (Å²) in [6, 6.07) is 17.2. The van der Waals surface area contributed by atoms with Gasteiger partial charge in [0.15, 0.2) is 11.5 Å². The van der Waals surface area contributed by atoms with Gasteiger partial charge in [0.2, 0.25) is 5.91 Å². The summed E-state index contributed by atoms with van der Waals surface area (Å²) in [6.07, 6.45) is 1.46. The second-order valence-corrected chi connectivity index (χ2v) is 11.8. The minimum absolute atomic E-state index is 0.0362. The lowest BCUT2D eigenvalue weighted by Crippen LogP contribution is -2.36. The van der Waals surface area contributed by atoms with Gasteiger partial charge in [0.25, 0.3) is 11.1 Å². The fraction of sp³-hybridized carbons (Fsp3) is 0.0800. The fourth-order valence-corrected chi connectivity index (χ4v) is 6.12. The third-order valence-corrected chi connectivity index (χ3v) is 8.27. The predicted molar refractivity (Wildman–Crippen MR) is 153 cm³/mol. The molecule has 196 valence electrons. The van der Waals surface area contributed by atoms with Crippen LogP contribution in [0.3, 0.4) is 0 Å². The molecular formula is C25H18ClIN2O7S2. The van der Waals surface area contributed by atoms with Crippen molar-refractivity contribution in [2.24, 2.45) is 0 Å². The molecule has 1 heterocycles. The van der Waals surface area contributed by atoms with Crippen molar-refractivity contribution in [3.05, 3.63) is 85.8 Å². The highest BCUT2D eigenvalue weighted by Gasteiger charge is 2.36. The molecule has 3 aromatic carbocycles. The number of anilines is 1. The van der Waals surface area contributed by atoms with Crippen LogP contribution >= 0.6 is 46.0 Å². The first-order chi connectivity index (χ1) is 18.1. The lowest BCUT2D eigenvalue weighted by Gasteiger charge is -2.14. The zero-order valence-corrected chi connectivity index (χ0v) is 24.1. The number of rotatable bonds is 8. The number of methoxy groups -OCH3 is 1. The number of halogens is 2. The highest BCUT2D eigenvalue weighted by molar-refractivity contribution is 14.1. The van der Waals surface area contributed by atoms with Crippen LogP contribution in [-0.2, 0) is 19.7 Å². The topological polar surface area (TPSA) is 119 Å². The number of benzene rings is 3. The zero-order chi connectivity index (χ0) is 27.4. The van der Waals surface area contributed by atoms with E-state index in [1.165, 1.54) is 43.5 Å². The van der Waals surface area contributed by atoms with Crippen molar-refractivity contribution in [2.75, 3.05) is 19.0 Å². The number of hydrogen-bond acceptors (Lipinski definition) is 8. The molecule has 0 saturated carbocycles. The van der Waals surface area contributed by atoms with E-state index in [9.17, 15) is 22.8 Å². The third-order valence-electron chi connectivity index (χ3n) is 5.08. The van der Waals surface area contributed by atoms with Crippen molar-refractivity contribution >= 4 is 84.9 Å². The van der Waals surface area contributed by atoms with E-state index < -0.39 is 33.7 Å². The second-order valence-electron chi connectivity index (χ2n) is 7.71. The Hall–Kier alpha value is -3.07. The molecule has 1 saturated heterocycles. The average molecular weight is 685 g/mol. The Bertz CT molecular complexity index is 1550. The van der Waals surface area contributed by atoms with Gasteiger partial charge in [-0.25, -0.2) is 0 Å². The number of nitrogens with zero attached hydrogens (tertiary/aromatic N) is 1. The summed E-state index contributed by atoms with van der Waals surface area (Å²) in [6.45, 7) is -0.437. The largest absolute Gasteiger partial charge is 0.493 e. The van der Waals surface area contributed by atoms with Crippen LogP contribution in [-0.4, -0.2) is 44.0 Å². The summed E-state index contributed by atoms with van der Waals surface area (Å²) in [5.41, 5.74) is 1.00. The Morgan fingerprint density at radius 3 is 2.45 bits per heavy atom. The number of carbonyl (C=O) groups excluding carboxylic acids is 3.